The Balaban J connectivity index is 2.39. The van der Waals surface area contributed by atoms with E-state index in [1.165, 1.54) is 0 Å². The van der Waals surface area contributed by atoms with Crippen molar-refractivity contribution in [2.24, 2.45) is 5.84 Å². The van der Waals surface area contributed by atoms with E-state index in [2.05, 4.69) is 5.43 Å². The summed E-state index contributed by atoms with van der Waals surface area (Å²) in [5, 5.41) is 0. The number of nitrogen functional groups attached to an aromatic ring is 1. The highest BCUT2D eigenvalue weighted by Gasteiger charge is 2.09. The Morgan fingerprint density at radius 2 is 1.94 bits per heavy atom. The summed E-state index contributed by atoms with van der Waals surface area (Å²) >= 11 is 0. The van der Waals surface area contributed by atoms with Crippen molar-refractivity contribution < 1.29 is 19.0 Å². The molecular weight excluding hydrogens is 236 g/mol. The lowest BCUT2D eigenvalue weighted by Gasteiger charge is -2.10. The van der Waals surface area contributed by atoms with Gasteiger partial charge < -0.3 is 14.2 Å². The van der Waals surface area contributed by atoms with Gasteiger partial charge in [0.2, 0.25) is 0 Å². The third-order valence-electron chi connectivity index (χ3n) is 2.18. The van der Waals surface area contributed by atoms with E-state index in [0.29, 0.717) is 37.7 Å². The zero-order chi connectivity index (χ0) is 13.2. The molecule has 0 heterocycles. The largest absolute Gasteiger partial charge is 0.490 e. The van der Waals surface area contributed by atoms with Crippen LogP contribution in [0.15, 0.2) is 24.3 Å². The van der Waals surface area contributed by atoms with Crippen molar-refractivity contribution in [3.05, 3.63) is 29.8 Å². The molecule has 0 spiro atoms. The molecule has 18 heavy (non-hydrogen) atoms. The number of carbonyl (C=O) groups is 1. The van der Waals surface area contributed by atoms with Crippen LogP contribution in [0.1, 0.15) is 10.4 Å². The Bertz CT molecular complexity index is 371. The highest BCUT2D eigenvalue weighted by molar-refractivity contribution is 5.96. The van der Waals surface area contributed by atoms with Crippen LogP contribution in [-0.4, -0.2) is 39.4 Å². The molecule has 6 heteroatoms. The molecule has 0 bridgehead atoms. The Morgan fingerprint density at radius 1 is 1.22 bits per heavy atom. The molecule has 0 saturated heterocycles. The maximum atomic E-state index is 11.4. The minimum Gasteiger partial charge on any atom is -0.490 e. The minimum absolute atomic E-state index is 0.360. The fourth-order valence-electron chi connectivity index (χ4n) is 1.31. The van der Waals surface area contributed by atoms with Crippen molar-refractivity contribution in [1.29, 1.82) is 0 Å². The van der Waals surface area contributed by atoms with Gasteiger partial charge in [-0.1, -0.05) is 12.1 Å². The van der Waals surface area contributed by atoms with Crippen LogP contribution in [0.4, 0.5) is 0 Å². The Kier molecular flexibility index (Phi) is 6.78. The highest BCUT2D eigenvalue weighted by Crippen LogP contribution is 2.17. The number of methoxy groups -OCH3 is 1. The number of benzene rings is 1. The minimum atomic E-state index is -0.383. The SMILES string of the molecule is COCCOCCOc1ccccc1C(=O)NN. The van der Waals surface area contributed by atoms with Crippen LogP contribution in [0.25, 0.3) is 0 Å². The lowest BCUT2D eigenvalue weighted by molar-refractivity contribution is 0.0541. The van der Waals surface area contributed by atoms with Gasteiger partial charge in [0.05, 0.1) is 25.4 Å². The molecule has 0 unspecified atom stereocenters. The third-order valence-corrected chi connectivity index (χ3v) is 2.18. The number of hydrogen-bond acceptors (Lipinski definition) is 5. The van der Waals surface area contributed by atoms with E-state index >= 15 is 0 Å². The molecule has 1 aromatic rings. The lowest BCUT2D eigenvalue weighted by atomic mass is 10.2. The normalized spacial score (nSPS) is 10.1. The second-order valence-corrected chi connectivity index (χ2v) is 3.42. The summed E-state index contributed by atoms with van der Waals surface area (Å²) < 4.78 is 15.5. The molecule has 6 nitrogen and oxygen atoms in total. The second kappa shape index (κ2) is 8.46. The van der Waals surface area contributed by atoms with Crippen molar-refractivity contribution in [3.8, 4) is 5.75 Å². The molecule has 100 valence electrons. The van der Waals surface area contributed by atoms with Crippen LogP contribution in [0.5, 0.6) is 5.75 Å². The van der Waals surface area contributed by atoms with Crippen molar-refractivity contribution >= 4 is 5.91 Å². The van der Waals surface area contributed by atoms with Crippen LogP contribution >= 0.6 is 0 Å². The molecule has 0 fully saturated rings. The molecule has 1 rings (SSSR count). The van der Waals surface area contributed by atoms with Gasteiger partial charge in [-0.3, -0.25) is 10.2 Å². The Hall–Kier alpha value is -1.63. The van der Waals surface area contributed by atoms with Gasteiger partial charge in [-0.05, 0) is 12.1 Å². The van der Waals surface area contributed by atoms with E-state index in [9.17, 15) is 4.79 Å². The number of nitrogens with one attached hydrogen (secondary N) is 1. The number of nitrogens with two attached hydrogens (primary N) is 1. The van der Waals surface area contributed by atoms with Crippen molar-refractivity contribution in [3.63, 3.8) is 0 Å². The molecule has 0 aromatic heterocycles. The first-order valence-corrected chi connectivity index (χ1v) is 5.59. The van der Waals surface area contributed by atoms with Gasteiger partial charge in [-0.25, -0.2) is 5.84 Å². The van der Waals surface area contributed by atoms with Crippen LogP contribution in [0, 0.1) is 0 Å². The molecule has 3 N–H and O–H groups in total. The maximum absolute atomic E-state index is 11.4. The smallest absolute Gasteiger partial charge is 0.268 e. The quantitative estimate of drug-likeness (QED) is 0.302. The summed E-state index contributed by atoms with van der Waals surface area (Å²) in [7, 11) is 1.61. The highest BCUT2D eigenvalue weighted by atomic mass is 16.5. The van der Waals surface area contributed by atoms with Gasteiger partial charge in [0, 0.05) is 7.11 Å². The molecule has 1 amide bonds. The molecule has 1 aromatic carbocycles. The molecule has 0 saturated carbocycles. The summed E-state index contributed by atoms with van der Waals surface area (Å²) in [5.74, 6) is 5.19. The number of hydrogen-bond donors (Lipinski definition) is 2. The fourth-order valence-corrected chi connectivity index (χ4v) is 1.31. The van der Waals surface area contributed by atoms with Gasteiger partial charge in [0.15, 0.2) is 0 Å². The van der Waals surface area contributed by atoms with E-state index in [-0.39, 0.29) is 5.91 Å². The number of rotatable bonds is 8. The Labute approximate surface area is 106 Å². The van der Waals surface area contributed by atoms with Gasteiger partial charge in [-0.15, -0.1) is 0 Å². The maximum Gasteiger partial charge on any atom is 0.268 e. The molecule has 0 aliphatic rings. The fraction of sp³-hybridized carbons (Fsp3) is 0.417. The number of para-hydroxylation sites is 1. The van der Waals surface area contributed by atoms with E-state index < -0.39 is 0 Å². The topological polar surface area (TPSA) is 82.8 Å². The van der Waals surface area contributed by atoms with Gasteiger partial charge in [0.25, 0.3) is 5.91 Å². The van der Waals surface area contributed by atoms with E-state index in [0.717, 1.165) is 0 Å². The summed E-state index contributed by atoms with van der Waals surface area (Å²) in [5.41, 5.74) is 2.47. The molecule has 0 atom stereocenters. The van der Waals surface area contributed by atoms with Crippen LogP contribution in [0.3, 0.4) is 0 Å². The van der Waals surface area contributed by atoms with Gasteiger partial charge in [0.1, 0.15) is 12.4 Å². The van der Waals surface area contributed by atoms with Gasteiger partial charge >= 0.3 is 0 Å². The molecule has 0 aliphatic carbocycles. The second-order valence-electron chi connectivity index (χ2n) is 3.42. The van der Waals surface area contributed by atoms with Crippen molar-refractivity contribution in [2.45, 2.75) is 0 Å². The van der Waals surface area contributed by atoms with Crippen molar-refractivity contribution in [1.82, 2.24) is 5.43 Å². The zero-order valence-corrected chi connectivity index (χ0v) is 10.3. The summed E-state index contributed by atoms with van der Waals surface area (Å²) in [6.45, 7) is 1.86. The zero-order valence-electron chi connectivity index (χ0n) is 10.3. The van der Waals surface area contributed by atoms with E-state index in [1.54, 1.807) is 31.4 Å². The summed E-state index contributed by atoms with van der Waals surface area (Å²) in [4.78, 5) is 11.4. The van der Waals surface area contributed by atoms with E-state index in [4.69, 9.17) is 20.1 Å². The number of hydrazine groups is 1. The first kappa shape index (κ1) is 14.4. The van der Waals surface area contributed by atoms with Crippen LogP contribution < -0.4 is 16.0 Å². The van der Waals surface area contributed by atoms with Crippen LogP contribution in [0.2, 0.25) is 0 Å². The third kappa shape index (κ3) is 4.70. The standard InChI is InChI=1S/C12H18N2O4/c1-16-6-7-17-8-9-18-11-5-3-2-4-10(11)12(15)14-13/h2-5H,6-9,13H2,1H3,(H,14,15). The first-order valence-electron chi connectivity index (χ1n) is 5.59. The monoisotopic (exact) mass is 254 g/mol. The number of carbonyl (C=O) groups excluding carboxylic acids is 1. The average molecular weight is 254 g/mol. The van der Waals surface area contributed by atoms with Crippen LogP contribution in [-0.2, 0) is 9.47 Å². The predicted octanol–water partition coefficient (Wildman–Crippen LogP) is 0.332. The lowest BCUT2D eigenvalue weighted by Crippen LogP contribution is -2.30. The first-order chi connectivity index (χ1) is 8.79. The average Bonchev–Trinajstić information content (AvgIpc) is 2.42. The molecular formula is C12H18N2O4. The van der Waals surface area contributed by atoms with E-state index in [1.807, 2.05) is 0 Å². The summed E-state index contributed by atoms with van der Waals surface area (Å²) in [6.07, 6.45) is 0. The number of ether oxygens (including phenoxy) is 3. The summed E-state index contributed by atoms with van der Waals surface area (Å²) in [6, 6.07) is 6.88. The molecule has 0 aliphatic heterocycles. The molecule has 0 radical (unpaired) electrons. The Morgan fingerprint density at radius 3 is 2.67 bits per heavy atom. The van der Waals surface area contributed by atoms with Gasteiger partial charge in [-0.2, -0.15) is 0 Å². The predicted molar refractivity (Wildman–Crippen MR) is 66.3 cm³/mol. The number of amides is 1. The van der Waals surface area contributed by atoms with Crippen molar-refractivity contribution in [2.75, 3.05) is 33.5 Å².